The lowest BCUT2D eigenvalue weighted by atomic mass is 10.1. The fourth-order valence-electron chi connectivity index (χ4n) is 2.17. The molecule has 1 rings (SSSR count). The molecule has 0 unspecified atom stereocenters. The Hall–Kier alpha value is -1.88. The number of nitrogens with zero attached hydrogens (tertiary/aromatic N) is 1. The van der Waals surface area contributed by atoms with E-state index < -0.39 is 0 Å². The van der Waals surface area contributed by atoms with Crippen LogP contribution < -0.4 is 0 Å². The van der Waals surface area contributed by atoms with Gasteiger partial charge in [0.25, 0.3) is 0 Å². The van der Waals surface area contributed by atoms with Gasteiger partial charge in [0.05, 0.1) is 13.7 Å². The summed E-state index contributed by atoms with van der Waals surface area (Å²) < 4.78 is 9.75. The number of ether oxygens (including phenoxy) is 2. The summed E-state index contributed by atoms with van der Waals surface area (Å²) in [5, 5.41) is 0. The Kier molecular flexibility index (Phi) is 8.22. The topological polar surface area (TPSA) is 55.8 Å². The summed E-state index contributed by atoms with van der Waals surface area (Å²) in [6.45, 7) is 5.26. The van der Waals surface area contributed by atoms with Crippen molar-refractivity contribution in [1.29, 1.82) is 0 Å². The van der Waals surface area contributed by atoms with E-state index in [1.807, 2.05) is 42.2 Å². The van der Waals surface area contributed by atoms with Gasteiger partial charge in [0.15, 0.2) is 0 Å². The maximum absolute atomic E-state index is 12.0. The van der Waals surface area contributed by atoms with Crippen molar-refractivity contribution in [2.45, 2.75) is 39.3 Å². The van der Waals surface area contributed by atoms with Gasteiger partial charge in [-0.2, -0.15) is 0 Å². The van der Waals surface area contributed by atoms with Gasteiger partial charge in [0.1, 0.15) is 6.04 Å². The fraction of sp³-hybridized carbons (Fsp3) is 0.529. The molecule has 0 aliphatic rings. The van der Waals surface area contributed by atoms with Crippen molar-refractivity contribution in [1.82, 2.24) is 4.90 Å². The molecule has 0 amide bonds. The minimum atomic E-state index is -0.349. The Balaban J connectivity index is 2.67. The zero-order chi connectivity index (χ0) is 16.4. The molecule has 5 heteroatoms. The summed E-state index contributed by atoms with van der Waals surface area (Å²) in [5.74, 6) is -0.472. The number of methoxy groups -OCH3 is 1. The lowest BCUT2D eigenvalue weighted by Gasteiger charge is -2.27. The highest BCUT2D eigenvalue weighted by atomic mass is 16.5. The summed E-state index contributed by atoms with van der Waals surface area (Å²) in [4.78, 5) is 25.2. The Labute approximate surface area is 132 Å². The second-order valence-corrected chi connectivity index (χ2v) is 5.06. The maximum Gasteiger partial charge on any atom is 0.323 e. The lowest BCUT2D eigenvalue weighted by Crippen LogP contribution is -2.40. The van der Waals surface area contributed by atoms with Crippen molar-refractivity contribution >= 4 is 11.9 Å². The first-order valence-electron chi connectivity index (χ1n) is 7.59. The normalized spacial score (nSPS) is 12.0. The molecule has 122 valence electrons. The molecule has 22 heavy (non-hydrogen) atoms. The SMILES string of the molecule is CCOC(=O)[C@@H](C)N(CCCC(=O)OC)Cc1ccccc1. The number of hydrogen-bond acceptors (Lipinski definition) is 5. The fourth-order valence-corrected chi connectivity index (χ4v) is 2.17. The maximum atomic E-state index is 12.0. The molecule has 5 nitrogen and oxygen atoms in total. The van der Waals surface area contributed by atoms with Crippen LogP contribution in [-0.4, -0.2) is 43.1 Å². The van der Waals surface area contributed by atoms with E-state index in [4.69, 9.17) is 4.74 Å². The largest absolute Gasteiger partial charge is 0.469 e. The van der Waals surface area contributed by atoms with Crippen LogP contribution in [0.15, 0.2) is 30.3 Å². The molecule has 0 aliphatic carbocycles. The van der Waals surface area contributed by atoms with Crippen LogP contribution in [-0.2, 0) is 25.6 Å². The van der Waals surface area contributed by atoms with Crippen LogP contribution in [0.25, 0.3) is 0 Å². The molecule has 1 aromatic carbocycles. The van der Waals surface area contributed by atoms with Gasteiger partial charge in [-0.3, -0.25) is 14.5 Å². The predicted molar refractivity (Wildman–Crippen MR) is 84.2 cm³/mol. The Morgan fingerprint density at radius 2 is 1.91 bits per heavy atom. The van der Waals surface area contributed by atoms with E-state index in [1.54, 1.807) is 6.92 Å². The Bertz CT molecular complexity index is 461. The molecule has 0 aliphatic heterocycles. The number of hydrogen-bond donors (Lipinski definition) is 0. The van der Waals surface area contributed by atoms with Crippen LogP contribution in [0.2, 0.25) is 0 Å². The van der Waals surface area contributed by atoms with Gasteiger partial charge < -0.3 is 9.47 Å². The molecule has 0 N–H and O–H groups in total. The van der Waals surface area contributed by atoms with Crippen molar-refractivity contribution in [2.75, 3.05) is 20.3 Å². The second-order valence-electron chi connectivity index (χ2n) is 5.06. The number of esters is 2. The number of benzene rings is 1. The summed E-state index contributed by atoms with van der Waals surface area (Å²) in [5.41, 5.74) is 1.12. The molecule has 0 saturated carbocycles. The average Bonchev–Trinajstić information content (AvgIpc) is 2.54. The van der Waals surface area contributed by atoms with Crippen LogP contribution in [0, 0.1) is 0 Å². The highest BCUT2D eigenvalue weighted by Crippen LogP contribution is 2.11. The van der Waals surface area contributed by atoms with Gasteiger partial charge in [-0.25, -0.2) is 0 Å². The van der Waals surface area contributed by atoms with Crippen molar-refractivity contribution in [3.05, 3.63) is 35.9 Å². The molecule has 0 radical (unpaired) electrons. The standard InChI is InChI=1S/C17H25NO4/c1-4-22-17(20)14(2)18(12-8-11-16(19)21-3)13-15-9-6-5-7-10-15/h5-7,9-10,14H,4,8,11-13H2,1-3H3/t14-/m1/s1. The van der Waals surface area contributed by atoms with Crippen LogP contribution in [0.1, 0.15) is 32.3 Å². The smallest absolute Gasteiger partial charge is 0.323 e. The van der Waals surface area contributed by atoms with Gasteiger partial charge in [0.2, 0.25) is 0 Å². The summed E-state index contributed by atoms with van der Waals surface area (Å²) in [7, 11) is 1.38. The Morgan fingerprint density at radius 1 is 1.23 bits per heavy atom. The zero-order valence-corrected chi connectivity index (χ0v) is 13.6. The number of carbonyl (C=O) groups excluding carboxylic acids is 2. The zero-order valence-electron chi connectivity index (χ0n) is 13.6. The third kappa shape index (κ3) is 6.26. The highest BCUT2D eigenvalue weighted by molar-refractivity contribution is 5.75. The number of rotatable bonds is 9. The van der Waals surface area contributed by atoms with Gasteiger partial charge >= 0.3 is 11.9 Å². The number of carbonyl (C=O) groups is 2. The van der Waals surface area contributed by atoms with Crippen LogP contribution >= 0.6 is 0 Å². The highest BCUT2D eigenvalue weighted by Gasteiger charge is 2.22. The molecule has 1 aromatic rings. The van der Waals surface area contributed by atoms with Crippen molar-refractivity contribution < 1.29 is 19.1 Å². The van der Waals surface area contributed by atoms with Gasteiger partial charge in [-0.15, -0.1) is 0 Å². The molecule has 0 saturated heterocycles. The van der Waals surface area contributed by atoms with Gasteiger partial charge in [-0.05, 0) is 32.4 Å². The molecule has 0 aromatic heterocycles. The van der Waals surface area contributed by atoms with Crippen LogP contribution in [0.5, 0.6) is 0 Å². The van der Waals surface area contributed by atoms with Crippen LogP contribution in [0.3, 0.4) is 0 Å². The lowest BCUT2D eigenvalue weighted by molar-refractivity contribution is -0.149. The van der Waals surface area contributed by atoms with E-state index in [2.05, 4.69) is 4.74 Å². The van der Waals surface area contributed by atoms with Crippen molar-refractivity contribution in [3.63, 3.8) is 0 Å². The molecular formula is C17H25NO4. The van der Waals surface area contributed by atoms with E-state index in [1.165, 1.54) is 7.11 Å². The third-order valence-electron chi connectivity index (χ3n) is 3.46. The predicted octanol–water partition coefficient (Wildman–Crippen LogP) is 2.39. The van der Waals surface area contributed by atoms with E-state index in [0.29, 0.717) is 32.5 Å². The minimum absolute atomic E-state index is 0.233. The van der Waals surface area contributed by atoms with Gasteiger partial charge in [-0.1, -0.05) is 30.3 Å². The molecule has 0 fully saturated rings. The van der Waals surface area contributed by atoms with Crippen molar-refractivity contribution in [2.24, 2.45) is 0 Å². The van der Waals surface area contributed by atoms with Gasteiger partial charge in [0, 0.05) is 13.0 Å². The monoisotopic (exact) mass is 307 g/mol. The molecule has 0 spiro atoms. The summed E-state index contributed by atoms with van der Waals surface area (Å²) in [6.07, 6.45) is 0.987. The summed E-state index contributed by atoms with van der Waals surface area (Å²) in [6, 6.07) is 9.59. The van der Waals surface area contributed by atoms with E-state index >= 15 is 0 Å². The average molecular weight is 307 g/mol. The van der Waals surface area contributed by atoms with E-state index in [-0.39, 0.29) is 18.0 Å². The molecule has 0 heterocycles. The summed E-state index contributed by atoms with van der Waals surface area (Å²) >= 11 is 0. The minimum Gasteiger partial charge on any atom is -0.469 e. The molecule has 0 bridgehead atoms. The second kappa shape index (κ2) is 9.95. The molecular weight excluding hydrogens is 282 g/mol. The molecule has 1 atom stereocenters. The van der Waals surface area contributed by atoms with E-state index in [9.17, 15) is 9.59 Å². The Morgan fingerprint density at radius 3 is 2.50 bits per heavy atom. The quantitative estimate of drug-likeness (QED) is 0.656. The van der Waals surface area contributed by atoms with Crippen LogP contribution in [0.4, 0.5) is 0 Å². The first-order chi connectivity index (χ1) is 10.6. The first-order valence-corrected chi connectivity index (χ1v) is 7.59. The van der Waals surface area contributed by atoms with E-state index in [0.717, 1.165) is 5.56 Å². The first kappa shape index (κ1) is 18.2. The van der Waals surface area contributed by atoms with Crippen molar-refractivity contribution in [3.8, 4) is 0 Å². The third-order valence-corrected chi connectivity index (χ3v) is 3.46.